The van der Waals surface area contributed by atoms with Gasteiger partial charge in [0.05, 0.1) is 12.6 Å². The van der Waals surface area contributed by atoms with E-state index in [4.69, 9.17) is 0 Å². The summed E-state index contributed by atoms with van der Waals surface area (Å²) in [7, 11) is 0. The highest BCUT2D eigenvalue weighted by atomic mass is 16.6. The van der Waals surface area contributed by atoms with Crippen molar-refractivity contribution in [3.8, 4) is 0 Å². The van der Waals surface area contributed by atoms with Crippen LogP contribution in [-0.2, 0) is 13.0 Å². The van der Waals surface area contributed by atoms with Gasteiger partial charge in [-0.15, -0.1) is 0 Å². The van der Waals surface area contributed by atoms with Crippen LogP contribution < -0.4 is 0 Å². The van der Waals surface area contributed by atoms with Crippen molar-refractivity contribution in [2.45, 2.75) is 25.5 Å². The van der Waals surface area contributed by atoms with Crippen molar-refractivity contribution in [3.63, 3.8) is 0 Å². The summed E-state index contributed by atoms with van der Waals surface area (Å²) in [6, 6.07) is 0. The van der Waals surface area contributed by atoms with Gasteiger partial charge < -0.3 is 19.8 Å². The molecule has 70 valence electrons. The van der Waals surface area contributed by atoms with E-state index in [0.717, 1.165) is 0 Å². The Morgan fingerprint density at radius 1 is 1.77 bits per heavy atom. The predicted octanol–water partition coefficient (Wildman–Crippen LogP) is 0.0984. The predicted molar refractivity (Wildman–Crippen MR) is 43.2 cm³/mol. The zero-order valence-electron chi connectivity index (χ0n) is 6.88. The maximum atomic E-state index is 10.4. The molecule has 1 aromatic rings. The van der Waals surface area contributed by atoms with Crippen LogP contribution >= 0.6 is 0 Å². The van der Waals surface area contributed by atoms with Crippen molar-refractivity contribution in [2.75, 3.05) is 0 Å². The lowest BCUT2D eigenvalue weighted by Gasteiger charge is -2.15. The highest BCUT2D eigenvalue weighted by molar-refractivity contribution is 5.18. The van der Waals surface area contributed by atoms with Crippen LogP contribution in [0.15, 0.2) is 6.20 Å². The molecule has 0 bridgehead atoms. The van der Waals surface area contributed by atoms with Gasteiger partial charge in [0.2, 0.25) is 5.82 Å². The minimum absolute atomic E-state index is 0.135. The Morgan fingerprint density at radius 2 is 2.54 bits per heavy atom. The summed E-state index contributed by atoms with van der Waals surface area (Å²) in [5, 5.41) is 19.7. The van der Waals surface area contributed by atoms with E-state index in [9.17, 15) is 15.2 Å². The van der Waals surface area contributed by atoms with E-state index in [1.54, 1.807) is 4.57 Å². The van der Waals surface area contributed by atoms with Gasteiger partial charge >= 0.3 is 5.82 Å². The van der Waals surface area contributed by atoms with Gasteiger partial charge in [-0.05, 0) is 16.3 Å². The molecule has 0 fully saturated rings. The van der Waals surface area contributed by atoms with E-state index < -0.39 is 11.0 Å². The van der Waals surface area contributed by atoms with Gasteiger partial charge in [-0.3, -0.25) is 0 Å². The first-order chi connectivity index (χ1) is 6.16. The second-order valence-electron chi connectivity index (χ2n) is 3.12. The fourth-order valence-electron chi connectivity index (χ4n) is 1.50. The smallest absolute Gasteiger partial charge is 0.381 e. The molecule has 0 radical (unpaired) electrons. The van der Waals surface area contributed by atoms with Crippen LogP contribution in [0.1, 0.15) is 12.2 Å². The number of rotatable bonds is 1. The molecular formula is C7H9N3O3. The average Bonchev–Trinajstić information content (AvgIpc) is 2.46. The summed E-state index contributed by atoms with van der Waals surface area (Å²) in [5.41, 5.74) is 0. The van der Waals surface area contributed by atoms with Crippen LogP contribution in [-0.4, -0.2) is 25.7 Å². The van der Waals surface area contributed by atoms with Crippen LogP contribution in [0.3, 0.4) is 0 Å². The molecule has 2 rings (SSSR count). The number of aryl methyl sites for hydroxylation is 1. The molecule has 1 unspecified atom stereocenters. The number of fused-ring (bicyclic) bond motifs is 1. The fraction of sp³-hybridized carbons (Fsp3) is 0.571. The first kappa shape index (κ1) is 8.18. The SMILES string of the molecule is O=[N+]([O-])c1cn2c(n1)CCC(O)C2. The van der Waals surface area contributed by atoms with Gasteiger partial charge in [-0.2, -0.15) is 0 Å². The molecule has 0 saturated heterocycles. The maximum absolute atomic E-state index is 10.4. The quantitative estimate of drug-likeness (QED) is 0.494. The molecule has 13 heavy (non-hydrogen) atoms. The van der Waals surface area contributed by atoms with E-state index in [2.05, 4.69) is 4.98 Å². The van der Waals surface area contributed by atoms with Crippen molar-refractivity contribution in [3.05, 3.63) is 22.1 Å². The fourth-order valence-corrected chi connectivity index (χ4v) is 1.50. The highest BCUT2D eigenvalue weighted by Crippen LogP contribution is 2.18. The monoisotopic (exact) mass is 183 g/mol. The molecule has 0 amide bonds. The molecule has 0 aliphatic carbocycles. The van der Waals surface area contributed by atoms with E-state index in [-0.39, 0.29) is 5.82 Å². The van der Waals surface area contributed by atoms with Crippen LogP contribution in [0.5, 0.6) is 0 Å². The Labute approximate surface area is 74.0 Å². The summed E-state index contributed by atoms with van der Waals surface area (Å²) in [6.45, 7) is 0.413. The highest BCUT2D eigenvalue weighted by Gasteiger charge is 2.24. The number of aliphatic hydroxyl groups excluding tert-OH is 1. The molecule has 1 atom stereocenters. The molecule has 1 N–H and O–H groups in total. The molecule has 1 aliphatic heterocycles. The Morgan fingerprint density at radius 3 is 3.23 bits per heavy atom. The van der Waals surface area contributed by atoms with Crippen LogP contribution in [0.4, 0.5) is 5.82 Å². The molecule has 1 aliphatic rings. The normalized spacial score (nSPS) is 21.2. The van der Waals surface area contributed by atoms with Crippen molar-refractivity contribution in [1.29, 1.82) is 0 Å². The minimum Gasteiger partial charge on any atom is -0.391 e. The van der Waals surface area contributed by atoms with E-state index in [0.29, 0.717) is 25.2 Å². The first-order valence-corrected chi connectivity index (χ1v) is 4.05. The number of hydrogen-bond acceptors (Lipinski definition) is 4. The summed E-state index contributed by atoms with van der Waals surface area (Å²) >= 11 is 0. The molecule has 1 aromatic heterocycles. The number of imidazole rings is 1. The Bertz CT molecular complexity index is 347. The van der Waals surface area contributed by atoms with E-state index in [1.165, 1.54) is 6.20 Å². The van der Waals surface area contributed by atoms with Crippen molar-refractivity contribution in [2.24, 2.45) is 0 Å². The van der Waals surface area contributed by atoms with Gasteiger partial charge in [-0.1, -0.05) is 0 Å². The largest absolute Gasteiger partial charge is 0.391 e. The Kier molecular flexibility index (Phi) is 1.77. The van der Waals surface area contributed by atoms with Crippen LogP contribution in [0, 0.1) is 10.1 Å². The molecule has 0 spiro atoms. The summed E-state index contributed by atoms with van der Waals surface area (Å²) < 4.78 is 1.65. The third-order valence-electron chi connectivity index (χ3n) is 2.14. The molecule has 2 heterocycles. The third kappa shape index (κ3) is 1.40. The standard InChI is InChI=1S/C7H9N3O3/c11-5-1-2-6-8-7(10(12)13)4-9(6)3-5/h4-5,11H,1-3H2. The van der Waals surface area contributed by atoms with Crippen molar-refractivity contribution >= 4 is 5.82 Å². The lowest BCUT2D eigenvalue weighted by Crippen LogP contribution is -2.23. The summed E-state index contributed by atoms with van der Waals surface area (Å²) in [5.74, 6) is 0.557. The molecule has 0 saturated carbocycles. The van der Waals surface area contributed by atoms with Gasteiger partial charge in [0.15, 0.2) is 0 Å². The second kappa shape index (κ2) is 2.81. The van der Waals surface area contributed by atoms with E-state index in [1.807, 2.05) is 0 Å². The van der Waals surface area contributed by atoms with Crippen LogP contribution in [0.2, 0.25) is 0 Å². The van der Waals surface area contributed by atoms with Crippen molar-refractivity contribution in [1.82, 2.24) is 9.55 Å². The topological polar surface area (TPSA) is 81.2 Å². The van der Waals surface area contributed by atoms with Crippen molar-refractivity contribution < 1.29 is 10.0 Å². The summed E-state index contributed by atoms with van der Waals surface area (Å²) in [4.78, 5) is 13.7. The van der Waals surface area contributed by atoms with Gasteiger partial charge in [0.1, 0.15) is 6.20 Å². The third-order valence-corrected chi connectivity index (χ3v) is 2.14. The number of aromatic nitrogens is 2. The van der Waals surface area contributed by atoms with Gasteiger partial charge in [-0.25, -0.2) is 0 Å². The molecule has 0 aromatic carbocycles. The molecule has 6 nitrogen and oxygen atoms in total. The zero-order valence-corrected chi connectivity index (χ0v) is 6.88. The van der Waals surface area contributed by atoms with Crippen LogP contribution in [0.25, 0.3) is 0 Å². The number of hydrogen-bond donors (Lipinski definition) is 1. The lowest BCUT2D eigenvalue weighted by molar-refractivity contribution is -0.389. The zero-order chi connectivity index (χ0) is 9.42. The first-order valence-electron chi connectivity index (χ1n) is 4.05. The Balaban J connectivity index is 2.33. The van der Waals surface area contributed by atoms with Gasteiger partial charge in [0.25, 0.3) is 0 Å². The Hall–Kier alpha value is -1.43. The lowest BCUT2D eigenvalue weighted by atomic mass is 10.1. The summed E-state index contributed by atoms with van der Waals surface area (Å²) in [6.07, 6.45) is 2.21. The maximum Gasteiger partial charge on any atom is 0.381 e. The average molecular weight is 183 g/mol. The number of nitro groups is 1. The second-order valence-corrected chi connectivity index (χ2v) is 3.12. The molecular weight excluding hydrogens is 174 g/mol. The van der Waals surface area contributed by atoms with Gasteiger partial charge in [0, 0.05) is 6.42 Å². The number of nitrogens with zero attached hydrogens (tertiary/aromatic N) is 3. The minimum atomic E-state index is -0.516. The van der Waals surface area contributed by atoms with E-state index >= 15 is 0 Å². The number of aliphatic hydroxyl groups is 1. The molecule has 6 heteroatoms.